The summed E-state index contributed by atoms with van der Waals surface area (Å²) in [4.78, 5) is 19.4. The Kier molecular flexibility index (Phi) is 4.27. The van der Waals surface area contributed by atoms with Gasteiger partial charge in [-0.25, -0.2) is 4.98 Å². The third kappa shape index (κ3) is 3.24. The molecule has 0 saturated carbocycles. The first-order valence-corrected chi connectivity index (χ1v) is 8.51. The molecule has 3 heterocycles. The number of aromatic nitrogens is 2. The van der Waals surface area contributed by atoms with Crippen LogP contribution in [-0.2, 0) is 13.1 Å². The standard InChI is InChI=1S/C21H19N3O2/c1-16-7-5-11-20-22-19(15-24(16)20)21(25)23(14-18-10-6-12-26-18)13-17-8-3-2-4-9-17/h2-12,15H,13-14H2,1H3. The minimum absolute atomic E-state index is 0.117. The van der Waals surface area contributed by atoms with Crippen molar-refractivity contribution in [3.8, 4) is 0 Å². The predicted molar refractivity (Wildman–Crippen MR) is 98.7 cm³/mol. The highest BCUT2D eigenvalue weighted by Crippen LogP contribution is 2.16. The zero-order valence-electron chi connectivity index (χ0n) is 14.5. The van der Waals surface area contributed by atoms with Gasteiger partial charge in [0, 0.05) is 18.4 Å². The number of imidazole rings is 1. The summed E-state index contributed by atoms with van der Waals surface area (Å²) in [6.45, 7) is 2.88. The number of nitrogens with zero attached hydrogens (tertiary/aromatic N) is 3. The van der Waals surface area contributed by atoms with Crippen LogP contribution in [0.15, 0.2) is 77.5 Å². The molecule has 0 radical (unpaired) electrons. The van der Waals surface area contributed by atoms with Crippen LogP contribution in [0.3, 0.4) is 0 Å². The molecule has 26 heavy (non-hydrogen) atoms. The van der Waals surface area contributed by atoms with Crippen LogP contribution in [0, 0.1) is 6.92 Å². The van der Waals surface area contributed by atoms with Gasteiger partial charge in [0.15, 0.2) is 0 Å². The van der Waals surface area contributed by atoms with Crippen LogP contribution in [0.25, 0.3) is 5.65 Å². The molecule has 3 aromatic heterocycles. The van der Waals surface area contributed by atoms with Crippen LogP contribution in [-0.4, -0.2) is 20.2 Å². The van der Waals surface area contributed by atoms with Crippen LogP contribution in [0.2, 0.25) is 0 Å². The lowest BCUT2D eigenvalue weighted by atomic mass is 10.2. The molecule has 0 fully saturated rings. The number of pyridine rings is 1. The fourth-order valence-corrected chi connectivity index (χ4v) is 3.01. The minimum atomic E-state index is -0.117. The molecule has 0 bridgehead atoms. The van der Waals surface area contributed by atoms with E-state index in [0.717, 1.165) is 22.7 Å². The van der Waals surface area contributed by atoms with Gasteiger partial charge in [-0.05, 0) is 36.8 Å². The number of furan rings is 1. The van der Waals surface area contributed by atoms with Gasteiger partial charge in [0.2, 0.25) is 0 Å². The molecule has 0 aliphatic carbocycles. The van der Waals surface area contributed by atoms with E-state index in [4.69, 9.17) is 4.42 Å². The Bertz CT molecular complexity index is 1020. The van der Waals surface area contributed by atoms with E-state index in [-0.39, 0.29) is 5.91 Å². The number of aryl methyl sites for hydroxylation is 1. The van der Waals surface area contributed by atoms with Crippen molar-refractivity contribution in [2.75, 3.05) is 0 Å². The minimum Gasteiger partial charge on any atom is -0.467 e. The van der Waals surface area contributed by atoms with Gasteiger partial charge in [-0.15, -0.1) is 0 Å². The molecule has 0 aliphatic rings. The van der Waals surface area contributed by atoms with Crippen LogP contribution < -0.4 is 0 Å². The van der Waals surface area contributed by atoms with Gasteiger partial charge in [0.1, 0.15) is 17.1 Å². The first-order chi connectivity index (χ1) is 12.7. The molecule has 0 atom stereocenters. The smallest absolute Gasteiger partial charge is 0.274 e. The van der Waals surface area contributed by atoms with E-state index in [1.807, 2.05) is 72.0 Å². The highest BCUT2D eigenvalue weighted by Gasteiger charge is 2.21. The van der Waals surface area contributed by atoms with E-state index in [1.165, 1.54) is 0 Å². The maximum Gasteiger partial charge on any atom is 0.274 e. The molecule has 5 heteroatoms. The van der Waals surface area contributed by atoms with Gasteiger partial charge in [-0.3, -0.25) is 4.79 Å². The molecule has 0 N–H and O–H groups in total. The van der Waals surface area contributed by atoms with E-state index >= 15 is 0 Å². The summed E-state index contributed by atoms with van der Waals surface area (Å²) in [5.74, 6) is 0.627. The van der Waals surface area contributed by atoms with E-state index in [0.29, 0.717) is 18.8 Å². The van der Waals surface area contributed by atoms with Gasteiger partial charge >= 0.3 is 0 Å². The average molecular weight is 345 g/mol. The molecule has 4 aromatic rings. The normalized spacial score (nSPS) is 11.0. The summed E-state index contributed by atoms with van der Waals surface area (Å²) in [6.07, 6.45) is 3.42. The Hall–Kier alpha value is -3.34. The second kappa shape index (κ2) is 6.88. The number of fused-ring (bicyclic) bond motifs is 1. The Balaban J connectivity index is 1.66. The summed E-state index contributed by atoms with van der Waals surface area (Å²) in [7, 11) is 0. The van der Waals surface area contributed by atoms with Gasteiger partial charge in [-0.2, -0.15) is 0 Å². The van der Waals surface area contributed by atoms with Crippen molar-refractivity contribution < 1.29 is 9.21 Å². The number of carbonyl (C=O) groups is 1. The van der Waals surface area contributed by atoms with E-state index in [9.17, 15) is 4.79 Å². The second-order valence-corrected chi connectivity index (χ2v) is 6.25. The van der Waals surface area contributed by atoms with Gasteiger partial charge < -0.3 is 13.7 Å². The lowest BCUT2D eigenvalue weighted by molar-refractivity contribution is 0.0712. The number of rotatable bonds is 5. The first-order valence-electron chi connectivity index (χ1n) is 8.51. The molecular formula is C21H19N3O2. The molecule has 0 aliphatic heterocycles. The average Bonchev–Trinajstić information content (AvgIpc) is 3.32. The Labute approximate surface area is 151 Å². The molecule has 5 nitrogen and oxygen atoms in total. The summed E-state index contributed by atoms with van der Waals surface area (Å²) in [5.41, 5.74) is 3.30. The summed E-state index contributed by atoms with van der Waals surface area (Å²) in [6, 6.07) is 19.5. The van der Waals surface area contributed by atoms with Crippen molar-refractivity contribution in [1.82, 2.24) is 14.3 Å². The SMILES string of the molecule is Cc1cccc2nc(C(=O)N(Cc3ccccc3)Cc3ccco3)cn12. The zero-order chi connectivity index (χ0) is 17.9. The maximum atomic E-state index is 13.2. The van der Waals surface area contributed by atoms with Crippen LogP contribution >= 0.6 is 0 Å². The molecule has 0 unspecified atom stereocenters. The van der Waals surface area contributed by atoms with Gasteiger partial charge in [0.25, 0.3) is 5.91 Å². The number of hydrogen-bond donors (Lipinski definition) is 0. The fourth-order valence-electron chi connectivity index (χ4n) is 3.01. The third-order valence-electron chi connectivity index (χ3n) is 4.35. The van der Waals surface area contributed by atoms with Crippen molar-refractivity contribution >= 4 is 11.6 Å². The number of carbonyl (C=O) groups excluding carboxylic acids is 1. The summed E-state index contributed by atoms with van der Waals surface area (Å²) >= 11 is 0. The first kappa shape index (κ1) is 16.1. The highest BCUT2D eigenvalue weighted by atomic mass is 16.3. The van der Waals surface area contributed by atoms with E-state index < -0.39 is 0 Å². The summed E-state index contributed by atoms with van der Waals surface area (Å²) < 4.78 is 7.38. The lowest BCUT2D eigenvalue weighted by Crippen LogP contribution is -2.30. The number of benzene rings is 1. The Morgan fingerprint density at radius 3 is 2.62 bits per heavy atom. The fraction of sp³-hybridized carbons (Fsp3) is 0.143. The molecule has 130 valence electrons. The zero-order valence-corrected chi connectivity index (χ0v) is 14.5. The molecule has 0 saturated heterocycles. The number of amides is 1. The molecule has 4 rings (SSSR count). The van der Waals surface area contributed by atoms with Crippen molar-refractivity contribution in [2.45, 2.75) is 20.0 Å². The van der Waals surface area contributed by atoms with Gasteiger partial charge in [0.05, 0.1) is 12.8 Å². The highest BCUT2D eigenvalue weighted by molar-refractivity contribution is 5.92. The molecule has 1 amide bonds. The van der Waals surface area contributed by atoms with Crippen molar-refractivity contribution in [1.29, 1.82) is 0 Å². The predicted octanol–water partition coefficient (Wildman–Crippen LogP) is 4.08. The third-order valence-corrected chi connectivity index (χ3v) is 4.35. The topological polar surface area (TPSA) is 50.8 Å². The Morgan fingerprint density at radius 2 is 1.88 bits per heavy atom. The van der Waals surface area contributed by atoms with E-state index in [2.05, 4.69) is 4.98 Å². The van der Waals surface area contributed by atoms with Crippen molar-refractivity contribution in [2.24, 2.45) is 0 Å². The van der Waals surface area contributed by atoms with Crippen LogP contribution in [0.1, 0.15) is 27.5 Å². The van der Waals surface area contributed by atoms with Crippen molar-refractivity contribution in [3.63, 3.8) is 0 Å². The quantitative estimate of drug-likeness (QED) is 0.548. The Morgan fingerprint density at radius 1 is 1.04 bits per heavy atom. The summed E-state index contributed by atoms with van der Waals surface area (Å²) in [5, 5.41) is 0. The van der Waals surface area contributed by atoms with Crippen LogP contribution in [0.4, 0.5) is 0 Å². The number of hydrogen-bond acceptors (Lipinski definition) is 3. The van der Waals surface area contributed by atoms with Crippen molar-refractivity contribution in [3.05, 3.63) is 95.8 Å². The second-order valence-electron chi connectivity index (χ2n) is 6.25. The molecule has 1 aromatic carbocycles. The molecular weight excluding hydrogens is 326 g/mol. The lowest BCUT2D eigenvalue weighted by Gasteiger charge is -2.21. The van der Waals surface area contributed by atoms with Crippen LogP contribution in [0.5, 0.6) is 0 Å². The van der Waals surface area contributed by atoms with E-state index in [1.54, 1.807) is 17.4 Å². The largest absolute Gasteiger partial charge is 0.467 e. The van der Waals surface area contributed by atoms with Gasteiger partial charge in [-0.1, -0.05) is 36.4 Å². The molecule has 0 spiro atoms. The maximum absolute atomic E-state index is 13.2. The monoisotopic (exact) mass is 345 g/mol.